The van der Waals surface area contributed by atoms with Crippen molar-refractivity contribution in [3.05, 3.63) is 57.0 Å². The third-order valence-electron chi connectivity index (χ3n) is 4.62. The van der Waals surface area contributed by atoms with E-state index in [0.717, 1.165) is 5.56 Å². The number of nitrogens with one attached hydrogen (secondary N) is 2. The minimum Gasteiger partial charge on any atom is -0.455 e. The Labute approximate surface area is 172 Å². The van der Waals surface area contributed by atoms with Crippen LogP contribution in [0.4, 0.5) is 11.4 Å². The molecule has 1 heterocycles. The minimum atomic E-state index is -0.522. The molecule has 1 aliphatic rings. The number of carbonyl (C=O) groups excluding carboxylic acids is 1. The van der Waals surface area contributed by atoms with E-state index in [4.69, 9.17) is 22.4 Å². The largest absolute Gasteiger partial charge is 0.455 e. The molecule has 10 heteroatoms. The molecule has 0 unspecified atom stereocenters. The highest BCUT2D eigenvalue weighted by Gasteiger charge is 2.36. The van der Waals surface area contributed by atoms with Gasteiger partial charge in [0.15, 0.2) is 10.9 Å². The van der Waals surface area contributed by atoms with Crippen LogP contribution in [0.15, 0.2) is 33.8 Å². The topological polar surface area (TPSA) is 136 Å². The first-order chi connectivity index (χ1) is 13.6. The van der Waals surface area contributed by atoms with Crippen LogP contribution >= 0.6 is 12.2 Å². The van der Waals surface area contributed by atoms with E-state index >= 15 is 0 Å². The number of thiocarbonyl (C=S) groups is 1. The lowest BCUT2D eigenvalue weighted by molar-refractivity contribution is -0.384. The molecule has 9 nitrogen and oxygen atoms in total. The molecular formula is C19H21N5O4S. The van der Waals surface area contributed by atoms with Gasteiger partial charge in [-0.1, -0.05) is 19.9 Å². The first kappa shape index (κ1) is 20.5. The Balaban J connectivity index is 1.95. The Morgan fingerprint density at radius 3 is 2.76 bits per heavy atom. The number of hydrogen-bond donors (Lipinski definition) is 3. The fraction of sp³-hybridized carbons (Fsp3) is 0.316. The van der Waals surface area contributed by atoms with Gasteiger partial charge in [0.25, 0.3) is 11.6 Å². The monoisotopic (exact) mass is 415 g/mol. The Morgan fingerprint density at radius 2 is 2.10 bits per heavy atom. The van der Waals surface area contributed by atoms with Crippen LogP contribution in [0.2, 0.25) is 0 Å². The minimum absolute atomic E-state index is 0.0483. The van der Waals surface area contributed by atoms with E-state index in [2.05, 4.69) is 29.7 Å². The summed E-state index contributed by atoms with van der Waals surface area (Å²) < 4.78 is 5.90. The first-order valence-electron chi connectivity index (χ1n) is 8.88. The maximum Gasteiger partial charge on any atom is 0.291 e. The van der Waals surface area contributed by atoms with Crippen molar-refractivity contribution < 1.29 is 14.1 Å². The molecule has 152 valence electrons. The van der Waals surface area contributed by atoms with Crippen molar-refractivity contribution in [1.82, 2.24) is 5.43 Å². The van der Waals surface area contributed by atoms with Gasteiger partial charge in [0.2, 0.25) is 0 Å². The van der Waals surface area contributed by atoms with Gasteiger partial charge in [-0.05, 0) is 37.0 Å². The van der Waals surface area contributed by atoms with Crippen LogP contribution in [0.1, 0.15) is 47.7 Å². The van der Waals surface area contributed by atoms with Crippen LogP contribution in [0, 0.1) is 22.5 Å². The summed E-state index contributed by atoms with van der Waals surface area (Å²) in [6.07, 6.45) is 1.29. The molecule has 0 saturated heterocycles. The normalized spacial score (nSPS) is 16.2. The number of nitrogens with zero attached hydrogens (tertiary/aromatic N) is 2. The molecule has 0 aliphatic heterocycles. The number of carbonyl (C=O) groups is 1. The molecular weight excluding hydrogens is 394 g/mol. The number of anilines is 1. The smallest absolute Gasteiger partial charge is 0.291 e. The lowest BCUT2D eigenvalue weighted by Crippen LogP contribution is -2.31. The summed E-state index contributed by atoms with van der Waals surface area (Å²) in [6.45, 7) is 5.93. The van der Waals surface area contributed by atoms with E-state index < -0.39 is 10.8 Å². The highest BCUT2D eigenvalue weighted by Crippen LogP contribution is 2.39. The quantitative estimate of drug-likeness (QED) is 0.396. The van der Waals surface area contributed by atoms with Crippen molar-refractivity contribution in [1.29, 1.82) is 0 Å². The predicted octanol–water partition coefficient (Wildman–Crippen LogP) is 3.26. The van der Waals surface area contributed by atoms with Gasteiger partial charge in [0.1, 0.15) is 5.76 Å². The number of hydrazone groups is 1. The second-order valence-electron chi connectivity index (χ2n) is 7.67. The summed E-state index contributed by atoms with van der Waals surface area (Å²) in [5.41, 5.74) is 10.3. The number of non-ortho nitro benzene ring substituents is 1. The molecule has 1 aliphatic carbocycles. The van der Waals surface area contributed by atoms with E-state index in [-0.39, 0.29) is 22.0 Å². The molecule has 0 radical (unpaired) electrons. The van der Waals surface area contributed by atoms with Gasteiger partial charge in [0, 0.05) is 35.4 Å². The molecule has 4 N–H and O–H groups in total. The van der Waals surface area contributed by atoms with E-state index in [1.54, 1.807) is 13.0 Å². The van der Waals surface area contributed by atoms with Crippen LogP contribution in [-0.2, 0) is 6.42 Å². The van der Waals surface area contributed by atoms with E-state index in [9.17, 15) is 14.9 Å². The summed E-state index contributed by atoms with van der Waals surface area (Å²) in [7, 11) is 0. The second kappa shape index (κ2) is 7.63. The standard InChI is InChI=1S/C19H21N5O4S/c1-10-15-13(22-23-18(20)29)8-19(2,3)9-14(15)28-16(10)17(25)21-11-5-4-6-12(7-11)24(26)27/h4-7H,8-9H2,1-3H3,(H,21,25)(H3,20,23,29)/b22-13-. The van der Waals surface area contributed by atoms with Crippen molar-refractivity contribution in [2.24, 2.45) is 16.3 Å². The lowest BCUT2D eigenvalue weighted by Gasteiger charge is -2.29. The van der Waals surface area contributed by atoms with Gasteiger partial charge in [0.05, 0.1) is 10.6 Å². The van der Waals surface area contributed by atoms with Crippen LogP contribution in [0.25, 0.3) is 0 Å². The number of rotatable bonds is 4. The number of fused-ring (bicyclic) bond motifs is 1. The summed E-state index contributed by atoms with van der Waals surface area (Å²) in [4.78, 5) is 23.2. The van der Waals surface area contributed by atoms with Crippen LogP contribution < -0.4 is 16.5 Å². The summed E-state index contributed by atoms with van der Waals surface area (Å²) in [6, 6.07) is 5.72. The molecule has 0 fully saturated rings. The number of hydrogen-bond acceptors (Lipinski definition) is 6. The fourth-order valence-corrected chi connectivity index (χ4v) is 3.48. The van der Waals surface area contributed by atoms with Crippen molar-refractivity contribution >= 4 is 40.3 Å². The van der Waals surface area contributed by atoms with Crippen LogP contribution in [0.3, 0.4) is 0 Å². The Morgan fingerprint density at radius 1 is 1.38 bits per heavy atom. The molecule has 1 aromatic heterocycles. The zero-order valence-electron chi connectivity index (χ0n) is 16.2. The molecule has 0 saturated carbocycles. The summed E-state index contributed by atoms with van der Waals surface area (Å²) in [5.74, 6) is 0.311. The lowest BCUT2D eigenvalue weighted by atomic mass is 9.75. The van der Waals surface area contributed by atoms with Gasteiger partial charge in [-0.2, -0.15) is 5.10 Å². The van der Waals surface area contributed by atoms with Gasteiger partial charge in [-0.15, -0.1) is 0 Å². The van der Waals surface area contributed by atoms with Crippen molar-refractivity contribution in [3.63, 3.8) is 0 Å². The van der Waals surface area contributed by atoms with Crippen molar-refractivity contribution in [3.8, 4) is 0 Å². The number of benzene rings is 1. The third kappa shape index (κ3) is 4.43. The molecule has 0 bridgehead atoms. The van der Waals surface area contributed by atoms with Gasteiger partial charge in [-0.25, -0.2) is 0 Å². The Hall–Kier alpha value is -3.27. The highest BCUT2D eigenvalue weighted by atomic mass is 32.1. The molecule has 29 heavy (non-hydrogen) atoms. The van der Waals surface area contributed by atoms with Gasteiger partial charge in [-0.3, -0.25) is 20.3 Å². The van der Waals surface area contributed by atoms with Gasteiger partial charge < -0.3 is 15.5 Å². The fourth-order valence-electron chi connectivity index (χ4n) is 3.43. The second-order valence-corrected chi connectivity index (χ2v) is 8.11. The molecule has 1 aromatic carbocycles. The highest BCUT2D eigenvalue weighted by molar-refractivity contribution is 7.80. The molecule has 0 atom stereocenters. The summed E-state index contributed by atoms with van der Waals surface area (Å²) in [5, 5.41) is 17.9. The van der Waals surface area contributed by atoms with Crippen LogP contribution in [-0.4, -0.2) is 21.7 Å². The zero-order valence-corrected chi connectivity index (χ0v) is 17.1. The third-order valence-corrected chi connectivity index (χ3v) is 4.71. The predicted molar refractivity (Wildman–Crippen MR) is 113 cm³/mol. The molecule has 1 amide bonds. The zero-order chi connectivity index (χ0) is 21.3. The van der Waals surface area contributed by atoms with E-state index in [1.807, 2.05) is 0 Å². The molecule has 0 spiro atoms. The summed E-state index contributed by atoms with van der Waals surface area (Å²) >= 11 is 4.83. The number of nitro benzene ring substituents is 1. The van der Waals surface area contributed by atoms with Crippen molar-refractivity contribution in [2.75, 3.05) is 5.32 Å². The number of furan rings is 1. The Kier molecular flexibility index (Phi) is 5.38. The maximum atomic E-state index is 12.8. The number of nitro groups is 1. The SMILES string of the molecule is Cc1c(C(=O)Nc2cccc([N+](=O)[O-])c2)oc2c1/C(=N\NC(N)=S)CC(C)(C)C2. The van der Waals surface area contributed by atoms with Crippen LogP contribution in [0.5, 0.6) is 0 Å². The number of nitrogens with two attached hydrogens (primary N) is 1. The maximum absolute atomic E-state index is 12.8. The average Bonchev–Trinajstić information content (AvgIpc) is 2.95. The first-order valence-corrected chi connectivity index (χ1v) is 9.28. The molecule has 2 aromatic rings. The number of amides is 1. The van der Waals surface area contributed by atoms with E-state index in [0.29, 0.717) is 35.6 Å². The van der Waals surface area contributed by atoms with E-state index in [1.165, 1.54) is 18.2 Å². The average molecular weight is 415 g/mol. The molecule has 3 rings (SSSR count). The Bertz CT molecular complexity index is 1040. The van der Waals surface area contributed by atoms with Gasteiger partial charge >= 0.3 is 0 Å². The van der Waals surface area contributed by atoms with Crippen molar-refractivity contribution in [2.45, 2.75) is 33.6 Å².